The van der Waals surface area contributed by atoms with Crippen molar-refractivity contribution in [2.75, 3.05) is 6.61 Å². The summed E-state index contributed by atoms with van der Waals surface area (Å²) in [6.07, 6.45) is 1.05. The minimum absolute atomic E-state index is 0.509. The molecule has 2 rings (SSSR count). The van der Waals surface area contributed by atoms with Gasteiger partial charge in [-0.1, -0.05) is 19.1 Å². The number of aliphatic hydroxyl groups excluding tert-OH is 1. The van der Waals surface area contributed by atoms with Crippen LogP contribution in [0.3, 0.4) is 0 Å². The fraction of sp³-hybridized carbons (Fsp3) is 0.400. The lowest BCUT2D eigenvalue weighted by molar-refractivity contribution is 0.178. The van der Waals surface area contributed by atoms with Gasteiger partial charge in [0.1, 0.15) is 5.75 Å². The van der Waals surface area contributed by atoms with Crippen molar-refractivity contribution in [3.05, 3.63) is 45.9 Å². The minimum Gasteiger partial charge on any atom is -0.494 e. The molecule has 0 saturated carbocycles. The van der Waals surface area contributed by atoms with Gasteiger partial charge in [0, 0.05) is 17.5 Å². The highest BCUT2D eigenvalue weighted by Gasteiger charge is 2.11. The molecule has 1 atom stereocenters. The van der Waals surface area contributed by atoms with Crippen molar-refractivity contribution in [1.29, 1.82) is 0 Å². The molecule has 0 aliphatic rings. The summed E-state index contributed by atoms with van der Waals surface area (Å²) in [4.78, 5) is 4.37. The zero-order valence-electron chi connectivity index (χ0n) is 11.3. The largest absolute Gasteiger partial charge is 0.494 e. The second-order valence-electron chi connectivity index (χ2n) is 4.52. The van der Waals surface area contributed by atoms with Gasteiger partial charge in [-0.3, -0.25) is 0 Å². The van der Waals surface area contributed by atoms with E-state index in [2.05, 4.69) is 11.9 Å². The third-order valence-corrected chi connectivity index (χ3v) is 3.76. The first kappa shape index (κ1) is 14.0. The second kappa shape index (κ2) is 6.68. The maximum atomic E-state index is 10.2. The molecule has 0 saturated heterocycles. The Morgan fingerprint density at radius 3 is 2.63 bits per heavy atom. The van der Waals surface area contributed by atoms with Crippen molar-refractivity contribution in [2.24, 2.45) is 0 Å². The van der Waals surface area contributed by atoms with E-state index in [1.54, 1.807) is 11.3 Å². The Bertz CT molecular complexity index is 507. The van der Waals surface area contributed by atoms with E-state index >= 15 is 0 Å². The van der Waals surface area contributed by atoms with Gasteiger partial charge in [0.2, 0.25) is 0 Å². The number of benzene rings is 1. The second-order valence-corrected chi connectivity index (χ2v) is 5.46. The first-order chi connectivity index (χ1) is 9.19. The SMILES string of the molecule is CCCOc1ccc(C(O)Cc2nc(C)cs2)cc1. The van der Waals surface area contributed by atoms with E-state index in [1.807, 2.05) is 36.6 Å². The molecule has 0 fully saturated rings. The third-order valence-electron chi connectivity index (χ3n) is 2.77. The van der Waals surface area contributed by atoms with Gasteiger partial charge in [0.05, 0.1) is 17.7 Å². The van der Waals surface area contributed by atoms with E-state index in [9.17, 15) is 5.11 Å². The van der Waals surface area contributed by atoms with E-state index in [-0.39, 0.29) is 0 Å². The van der Waals surface area contributed by atoms with Crippen molar-refractivity contribution >= 4 is 11.3 Å². The number of hydrogen-bond acceptors (Lipinski definition) is 4. The average Bonchev–Trinajstić information content (AvgIpc) is 2.82. The molecule has 0 aliphatic carbocycles. The van der Waals surface area contributed by atoms with E-state index in [1.165, 1.54) is 0 Å². The maximum absolute atomic E-state index is 10.2. The lowest BCUT2D eigenvalue weighted by Crippen LogP contribution is -2.02. The lowest BCUT2D eigenvalue weighted by Gasteiger charge is -2.10. The standard InChI is InChI=1S/C15H19NO2S/c1-3-8-18-13-6-4-12(5-7-13)14(17)9-15-16-11(2)10-19-15/h4-7,10,14,17H,3,8-9H2,1-2H3. The van der Waals surface area contributed by atoms with E-state index in [0.29, 0.717) is 6.42 Å². The van der Waals surface area contributed by atoms with Crippen molar-refractivity contribution in [3.8, 4) is 5.75 Å². The first-order valence-corrected chi connectivity index (χ1v) is 7.39. The van der Waals surface area contributed by atoms with Gasteiger partial charge in [-0.05, 0) is 31.0 Å². The van der Waals surface area contributed by atoms with Gasteiger partial charge >= 0.3 is 0 Å². The average molecular weight is 277 g/mol. The summed E-state index contributed by atoms with van der Waals surface area (Å²) in [5.41, 5.74) is 1.91. The summed E-state index contributed by atoms with van der Waals surface area (Å²) in [6, 6.07) is 7.63. The highest BCUT2D eigenvalue weighted by Crippen LogP contribution is 2.22. The van der Waals surface area contributed by atoms with Gasteiger partial charge in [-0.2, -0.15) is 0 Å². The van der Waals surface area contributed by atoms with Crippen molar-refractivity contribution in [1.82, 2.24) is 4.98 Å². The van der Waals surface area contributed by atoms with E-state index in [4.69, 9.17) is 4.74 Å². The van der Waals surface area contributed by atoms with Crippen LogP contribution in [0.15, 0.2) is 29.6 Å². The molecule has 1 unspecified atom stereocenters. The first-order valence-electron chi connectivity index (χ1n) is 6.51. The molecule has 3 nitrogen and oxygen atoms in total. The van der Waals surface area contributed by atoms with Crippen LogP contribution in [0.1, 0.15) is 35.7 Å². The summed E-state index contributed by atoms with van der Waals surface area (Å²) in [6.45, 7) is 4.76. The number of thiazole rings is 1. The Morgan fingerprint density at radius 2 is 2.05 bits per heavy atom. The fourth-order valence-corrected chi connectivity index (χ4v) is 2.60. The molecule has 1 aromatic heterocycles. The van der Waals surface area contributed by atoms with Gasteiger partial charge in [0.15, 0.2) is 0 Å². The third kappa shape index (κ3) is 4.04. The molecular weight excluding hydrogens is 258 g/mol. The molecule has 2 aromatic rings. The van der Waals surface area contributed by atoms with Crippen LogP contribution in [0.2, 0.25) is 0 Å². The summed E-state index contributed by atoms with van der Waals surface area (Å²) in [5, 5.41) is 13.1. The Balaban J connectivity index is 1.97. The molecular formula is C15H19NO2S. The monoisotopic (exact) mass is 277 g/mol. The predicted molar refractivity (Wildman–Crippen MR) is 77.7 cm³/mol. The number of nitrogens with zero attached hydrogens (tertiary/aromatic N) is 1. The van der Waals surface area contributed by atoms with Crippen LogP contribution in [0.25, 0.3) is 0 Å². The highest BCUT2D eigenvalue weighted by atomic mass is 32.1. The Hall–Kier alpha value is -1.39. The molecule has 19 heavy (non-hydrogen) atoms. The van der Waals surface area contributed by atoms with Gasteiger partial charge in [-0.15, -0.1) is 11.3 Å². The Kier molecular flexibility index (Phi) is 4.93. The number of aliphatic hydroxyl groups is 1. The smallest absolute Gasteiger partial charge is 0.119 e. The van der Waals surface area contributed by atoms with Gasteiger partial charge < -0.3 is 9.84 Å². The van der Waals surface area contributed by atoms with Crippen LogP contribution < -0.4 is 4.74 Å². The highest BCUT2D eigenvalue weighted by molar-refractivity contribution is 7.09. The summed E-state index contributed by atoms with van der Waals surface area (Å²) >= 11 is 1.59. The van der Waals surface area contributed by atoms with Crippen molar-refractivity contribution < 1.29 is 9.84 Å². The molecule has 0 amide bonds. The molecule has 1 aromatic carbocycles. The molecule has 4 heteroatoms. The zero-order valence-corrected chi connectivity index (χ0v) is 12.1. The summed E-state index contributed by atoms with van der Waals surface area (Å²) < 4.78 is 5.52. The molecule has 0 bridgehead atoms. The van der Waals surface area contributed by atoms with Gasteiger partial charge in [-0.25, -0.2) is 4.98 Å². The topological polar surface area (TPSA) is 42.4 Å². The van der Waals surface area contributed by atoms with Crippen LogP contribution in [0, 0.1) is 6.92 Å². The molecule has 102 valence electrons. The lowest BCUT2D eigenvalue weighted by atomic mass is 10.1. The molecule has 0 radical (unpaired) electrons. The van der Waals surface area contributed by atoms with E-state index in [0.717, 1.165) is 35.0 Å². The zero-order chi connectivity index (χ0) is 13.7. The number of hydrogen-bond donors (Lipinski definition) is 1. The number of aromatic nitrogens is 1. The Labute approximate surface area is 117 Å². The molecule has 1 heterocycles. The fourth-order valence-electron chi connectivity index (χ4n) is 1.79. The Morgan fingerprint density at radius 1 is 1.32 bits per heavy atom. The van der Waals surface area contributed by atoms with Crippen LogP contribution in [-0.4, -0.2) is 16.7 Å². The number of ether oxygens (including phenoxy) is 1. The van der Waals surface area contributed by atoms with Crippen LogP contribution in [0.5, 0.6) is 5.75 Å². The van der Waals surface area contributed by atoms with E-state index < -0.39 is 6.10 Å². The van der Waals surface area contributed by atoms with Crippen LogP contribution >= 0.6 is 11.3 Å². The van der Waals surface area contributed by atoms with Crippen molar-refractivity contribution in [3.63, 3.8) is 0 Å². The molecule has 0 aliphatic heterocycles. The quantitative estimate of drug-likeness (QED) is 0.878. The van der Waals surface area contributed by atoms with Crippen molar-refractivity contribution in [2.45, 2.75) is 32.8 Å². The summed E-state index contributed by atoms with van der Waals surface area (Å²) in [5.74, 6) is 0.850. The number of rotatable bonds is 6. The normalized spacial score (nSPS) is 12.4. The molecule has 1 N–H and O–H groups in total. The minimum atomic E-state index is -0.509. The van der Waals surface area contributed by atoms with Crippen LogP contribution in [-0.2, 0) is 6.42 Å². The van der Waals surface area contributed by atoms with Gasteiger partial charge in [0.25, 0.3) is 0 Å². The summed E-state index contributed by atoms with van der Waals surface area (Å²) in [7, 11) is 0. The number of aryl methyl sites for hydroxylation is 1. The molecule has 0 spiro atoms. The van der Waals surface area contributed by atoms with Crippen LogP contribution in [0.4, 0.5) is 0 Å². The predicted octanol–water partition coefficient (Wildman–Crippen LogP) is 3.52. The maximum Gasteiger partial charge on any atom is 0.119 e.